The molecule has 0 bridgehead atoms. The van der Waals surface area contributed by atoms with Crippen molar-refractivity contribution in [1.29, 1.82) is 0 Å². The Balaban J connectivity index is 2.99. The van der Waals surface area contributed by atoms with E-state index in [0.29, 0.717) is 5.56 Å². The van der Waals surface area contributed by atoms with E-state index in [1.54, 1.807) is 0 Å². The molecule has 0 aliphatic rings. The van der Waals surface area contributed by atoms with Crippen molar-refractivity contribution in [1.82, 2.24) is 0 Å². The van der Waals surface area contributed by atoms with Crippen LogP contribution in [0, 0.1) is 5.82 Å². The van der Waals surface area contributed by atoms with E-state index in [9.17, 15) is 4.39 Å². The van der Waals surface area contributed by atoms with Crippen molar-refractivity contribution in [3.05, 3.63) is 35.6 Å². The molecule has 1 nitrogen and oxygen atoms in total. The summed E-state index contributed by atoms with van der Waals surface area (Å²) in [5.74, 6) is -0.363. The SMILES string of the molecule is [2H][C@](C)(O)c1ccc(F)cc1. The molecule has 0 aliphatic carbocycles. The van der Waals surface area contributed by atoms with Crippen LogP contribution in [0.25, 0.3) is 0 Å². The van der Waals surface area contributed by atoms with Gasteiger partial charge in [-0.1, -0.05) is 12.1 Å². The van der Waals surface area contributed by atoms with E-state index in [1.807, 2.05) is 0 Å². The zero-order valence-corrected chi connectivity index (χ0v) is 5.63. The molecule has 54 valence electrons. The van der Waals surface area contributed by atoms with E-state index < -0.39 is 6.08 Å². The van der Waals surface area contributed by atoms with Crippen LogP contribution in [0.2, 0.25) is 0 Å². The average Bonchev–Trinajstić information content (AvgIpc) is 1.86. The van der Waals surface area contributed by atoms with Gasteiger partial charge in [-0.15, -0.1) is 0 Å². The third kappa shape index (κ3) is 1.54. The molecule has 1 aromatic rings. The molecule has 0 amide bonds. The highest BCUT2D eigenvalue weighted by Gasteiger charge is 1.98. The van der Waals surface area contributed by atoms with E-state index in [1.165, 1.54) is 31.2 Å². The van der Waals surface area contributed by atoms with Crippen LogP contribution in [-0.2, 0) is 0 Å². The molecule has 0 fully saturated rings. The van der Waals surface area contributed by atoms with E-state index in [4.69, 9.17) is 6.48 Å². The van der Waals surface area contributed by atoms with Gasteiger partial charge < -0.3 is 5.11 Å². The Morgan fingerprint density at radius 2 is 2.00 bits per heavy atom. The van der Waals surface area contributed by atoms with Crippen LogP contribution >= 0.6 is 0 Å². The fourth-order valence-corrected chi connectivity index (χ4v) is 0.691. The quantitative estimate of drug-likeness (QED) is 0.633. The molecule has 0 aromatic heterocycles. The third-order valence-electron chi connectivity index (χ3n) is 1.26. The van der Waals surface area contributed by atoms with Crippen LogP contribution < -0.4 is 0 Å². The van der Waals surface area contributed by atoms with Crippen molar-refractivity contribution in [2.24, 2.45) is 0 Å². The maximum absolute atomic E-state index is 12.3. The van der Waals surface area contributed by atoms with Gasteiger partial charge in [-0.2, -0.15) is 0 Å². The zero-order chi connectivity index (χ0) is 8.48. The van der Waals surface area contributed by atoms with E-state index in [-0.39, 0.29) is 5.82 Å². The van der Waals surface area contributed by atoms with Gasteiger partial charge in [-0.25, -0.2) is 4.39 Å². The molecule has 0 saturated heterocycles. The van der Waals surface area contributed by atoms with Crippen molar-refractivity contribution >= 4 is 0 Å². The molecule has 0 radical (unpaired) electrons. The molecule has 1 N–H and O–H groups in total. The standard InChI is InChI=1S/C8H9FO/c1-6(10)7-2-4-8(9)5-3-7/h2-6,10H,1H3/t6-/m1/s1/i6D. The third-order valence-corrected chi connectivity index (χ3v) is 1.26. The van der Waals surface area contributed by atoms with Gasteiger partial charge in [0.15, 0.2) is 0 Å². The normalized spacial score (nSPS) is 17.7. The Hall–Kier alpha value is -0.890. The molecule has 1 aromatic carbocycles. The fraction of sp³-hybridized carbons (Fsp3) is 0.250. The first kappa shape index (κ1) is 5.86. The first-order valence-electron chi connectivity index (χ1n) is 3.48. The smallest absolute Gasteiger partial charge is 0.123 e. The van der Waals surface area contributed by atoms with Crippen molar-refractivity contribution in [2.75, 3.05) is 0 Å². The lowest BCUT2D eigenvalue weighted by molar-refractivity contribution is 0.199. The lowest BCUT2D eigenvalue weighted by Gasteiger charge is -2.01. The van der Waals surface area contributed by atoms with Crippen LogP contribution in [-0.4, -0.2) is 5.11 Å². The van der Waals surface area contributed by atoms with E-state index >= 15 is 0 Å². The highest BCUT2D eigenvalue weighted by Crippen LogP contribution is 2.11. The van der Waals surface area contributed by atoms with Gasteiger partial charge in [0.1, 0.15) is 5.82 Å². The van der Waals surface area contributed by atoms with Crippen molar-refractivity contribution in [2.45, 2.75) is 13.0 Å². The second-order valence-electron chi connectivity index (χ2n) is 2.09. The summed E-state index contributed by atoms with van der Waals surface area (Å²) >= 11 is 0. The van der Waals surface area contributed by atoms with Crippen LogP contribution in [0.1, 0.15) is 19.9 Å². The summed E-state index contributed by atoms with van der Waals surface area (Å²) in [6, 6.07) is 5.22. The number of rotatable bonds is 1. The van der Waals surface area contributed by atoms with Crippen LogP contribution in [0.5, 0.6) is 0 Å². The summed E-state index contributed by atoms with van der Waals surface area (Å²) in [5.41, 5.74) is 0.388. The molecule has 0 unspecified atom stereocenters. The number of aliphatic hydroxyl groups is 1. The second-order valence-corrected chi connectivity index (χ2v) is 2.09. The lowest BCUT2D eigenvalue weighted by atomic mass is 10.1. The Morgan fingerprint density at radius 1 is 1.50 bits per heavy atom. The summed E-state index contributed by atoms with van der Waals surface area (Å²) in [5, 5.41) is 9.12. The fourth-order valence-electron chi connectivity index (χ4n) is 0.691. The Morgan fingerprint density at radius 3 is 2.40 bits per heavy atom. The number of hydrogen-bond donors (Lipinski definition) is 1. The van der Waals surface area contributed by atoms with Gasteiger partial charge in [0.2, 0.25) is 0 Å². The predicted molar refractivity (Wildman–Crippen MR) is 37.0 cm³/mol. The molecule has 2 heteroatoms. The minimum Gasteiger partial charge on any atom is -0.389 e. The minimum absolute atomic E-state index is 0.363. The summed E-state index contributed by atoms with van der Waals surface area (Å²) in [6.45, 7) is 1.33. The molecule has 0 spiro atoms. The Labute approximate surface area is 60.5 Å². The summed E-state index contributed by atoms with van der Waals surface area (Å²) < 4.78 is 19.5. The maximum atomic E-state index is 12.3. The van der Waals surface area contributed by atoms with Crippen molar-refractivity contribution < 1.29 is 10.9 Å². The molecule has 0 heterocycles. The monoisotopic (exact) mass is 141 g/mol. The second kappa shape index (κ2) is 2.80. The first-order chi connectivity index (χ1) is 5.00. The molecule has 10 heavy (non-hydrogen) atoms. The summed E-state index contributed by atoms with van der Waals surface area (Å²) in [7, 11) is 0. The number of hydrogen-bond acceptors (Lipinski definition) is 1. The highest BCUT2D eigenvalue weighted by atomic mass is 19.1. The van der Waals surface area contributed by atoms with Crippen LogP contribution in [0.3, 0.4) is 0 Å². The topological polar surface area (TPSA) is 20.2 Å². The van der Waals surface area contributed by atoms with Gasteiger partial charge >= 0.3 is 0 Å². The van der Waals surface area contributed by atoms with E-state index in [2.05, 4.69) is 0 Å². The van der Waals surface area contributed by atoms with Crippen molar-refractivity contribution in [3.63, 3.8) is 0 Å². The van der Waals surface area contributed by atoms with Crippen LogP contribution in [0.4, 0.5) is 4.39 Å². The molecule has 0 saturated carbocycles. The molecule has 1 rings (SSSR count). The average molecular weight is 141 g/mol. The number of benzene rings is 1. The van der Waals surface area contributed by atoms with Crippen LogP contribution in [0.15, 0.2) is 24.3 Å². The Kier molecular flexibility index (Phi) is 1.64. The summed E-state index contributed by atoms with van der Waals surface area (Å²) in [4.78, 5) is 0. The predicted octanol–water partition coefficient (Wildman–Crippen LogP) is 1.88. The Bertz CT molecular complexity index is 237. The summed E-state index contributed by atoms with van der Waals surface area (Å²) in [6.07, 6.45) is -1.63. The molecular formula is C8H9FO. The first-order valence-corrected chi connectivity index (χ1v) is 2.98. The lowest BCUT2D eigenvalue weighted by Crippen LogP contribution is -1.89. The zero-order valence-electron chi connectivity index (χ0n) is 6.63. The molecular weight excluding hydrogens is 131 g/mol. The number of halogens is 1. The largest absolute Gasteiger partial charge is 0.389 e. The van der Waals surface area contributed by atoms with Gasteiger partial charge in [0, 0.05) is 0 Å². The van der Waals surface area contributed by atoms with Gasteiger partial charge in [-0.3, -0.25) is 0 Å². The van der Waals surface area contributed by atoms with Gasteiger partial charge in [0.25, 0.3) is 0 Å². The highest BCUT2D eigenvalue weighted by molar-refractivity contribution is 5.17. The van der Waals surface area contributed by atoms with Gasteiger partial charge in [0.05, 0.1) is 7.45 Å². The van der Waals surface area contributed by atoms with Crippen molar-refractivity contribution in [3.8, 4) is 0 Å². The minimum atomic E-state index is -1.63. The molecule has 1 atom stereocenters. The molecule has 0 aliphatic heterocycles. The van der Waals surface area contributed by atoms with E-state index in [0.717, 1.165) is 0 Å². The maximum Gasteiger partial charge on any atom is 0.123 e. The van der Waals surface area contributed by atoms with Gasteiger partial charge in [-0.05, 0) is 24.6 Å².